The zero-order valence-electron chi connectivity index (χ0n) is 13.6. The Balaban J connectivity index is 0.000000677. The molecule has 1 aliphatic rings. The number of ether oxygens (including phenoxy) is 2. The fourth-order valence-corrected chi connectivity index (χ4v) is 2.41. The van der Waals surface area contributed by atoms with Crippen LogP contribution in [0, 0.1) is 5.92 Å². The highest BCUT2D eigenvalue weighted by Crippen LogP contribution is 2.36. The molecule has 5 heteroatoms. The summed E-state index contributed by atoms with van der Waals surface area (Å²) in [5.74, 6) is 1.92. The van der Waals surface area contributed by atoms with Gasteiger partial charge in [0.25, 0.3) is 0 Å². The molecule has 1 saturated heterocycles. The lowest BCUT2D eigenvalue weighted by Gasteiger charge is -2.21. The predicted molar refractivity (Wildman–Crippen MR) is 85.9 cm³/mol. The van der Waals surface area contributed by atoms with E-state index in [1.165, 1.54) is 0 Å². The summed E-state index contributed by atoms with van der Waals surface area (Å²) in [6.07, 6.45) is 2.03. The summed E-state index contributed by atoms with van der Waals surface area (Å²) in [6.45, 7) is 4.19. The quantitative estimate of drug-likeness (QED) is 0.863. The smallest absolute Gasteiger partial charge is 0.162 e. The van der Waals surface area contributed by atoms with E-state index in [0.717, 1.165) is 31.5 Å². The standard InChI is InChI=1S/C14H19NO3.C2H7N/c1-10-4-5-15(8-10)12-7-14(18-3)13(17-2)6-11(12)9-16;1-3-2/h6-7,9-10H,4-5,8H2,1-3H3;3H,1-2H3. The van der Waals surface area contributed by atoms with Crippen LogP contribution in [0.25, 0.3) is 0 Å². The first kappa shape index (κ1) is 17.3. The summed E-state index contributed by atoms with van der Waals surface area (Å²) in [4.78, 5) is 13.4. The molecular formula is C16H26N2O3. The Morgan fingerprint density at radius 2 is 1.81 bits per heavy atom. The average Bonchev–Trinajstić information content (AvgIpc) is 2.93. The van der Waals surface area contributed by atoms with E-state index in [0.29, 0.717) is 23.0 Å². The molecule has 21 heavy (non-hydrogen) atoms. The van der Waals surface area contributed by atoms with Crippen molar-refractivity contribution in [2.45, 2.75) is 13.3 Å². The lowest BCUT2D eigenvalue weighted by atomic mass is 10.1. The number of benzene rings is 1. The summed E-state index contributed by atoms with van der Waals surface area (Å²) < 4.78 is 10.5. The molecule has 1 unspecified atom stereocenters. The molecular weight excluding hydrogens is 268 g/mol. The summed E-state index contributed by atoms with van der Waals surface area (Å²) >= 11 is 0. The summed E-state index contributed by atoms with van der Waals surface area (Å²) in [7, 11) is 6.93. The van der Waals surface area contributed by atoms with Crippen LogP contribution in [0.5, 0.6) is 11.5 Å². The van der Waals surface area contributed by atoms with Gasteiger partial charge in [0.05, 0.1) is 19.9 Å². The van der Waals surface area contributed by atoms with E-state index >= 15 is 0 Å². The number of nitrogens with one attached hydrogen (secondary N) is 1. The summed E-state index contributed by atoms with van der Waals surface area (Å²) in [5, 5.41) is 2.75. The van der Waals surface area contributed by atoms with Gasteiger partial charge in [-0.15, -0.1) is 0 Å². The fraction of sp³-hybridized carbons (Fsp3) is 0.562. The number of aldehydes is 1. The molecule has 1 atom stereocenters. The molecule has 1 N–H and O–H groups in total. The SMILES string of the molecule is CNC.COc1cc(C=O)c(N2CCC(C)C2)cc1OC. The Labute approximate surface area is 127 Å². The molecule has 1 aromatic carbocycles. The number of hydrogen-bond donors (Lipinski definition) is 1. The van der Waals surface area contributed by atoms with Gasteiger partial charge in [-0.2, -0.15) is 0 Å². The van der Waals surface area contributed by atoms with Crippen LogP contribution in [0.1, 0.15) is 23.7 Å². The van der Waals surface area contributed by atoms with Crippen LogP contribution in [0.4, 0.5) is 5.69 Å². The van der Waals surface area contributed by atoms with Crippen LogP contribution in [0.3, 0.4) is 0 Å². The average molecular weight is 294 g/mol. The molecule has 0 saturated carbocycles. The van der Waals surface area contributed by atoms with Crippen LogP contribution in [0.15, 0.2) is 12.1 Å². The molecule has 1 fully saturated rings. The third-order valence-electron chi connectivity index (χ3n) is 3.42. The van der Waals surface area contributed by atoms with Crippen LogP contribution in [-0.2, 0) is 0 Å². The van der Waals surface area contributed by atoms with Crippen molar-refractivity contribution in [3.63, 3.8) is 0 Å². The third-order valence-corrected chi connectivity index (χ3v) is 3.42. The monoisotopic (exact) mass is 294 g/mol. The first-order valence-corrected chi connectivity index (χ1v) is 7.15. The van der Waals surface area contributed by atoms with Crippen molar-refractivity contribution in [3.8, 4) is 11.5 Å². The molecule has 2 rings (SSSR count). The minimum atomic E-state index is 0.593. The fourth-order valence-electron chi connectivity index (χ4n) is 2.41. The first-order chi connectivity index (χ1) is 10.1. The van der Waals surface area contributed by atoms with E-state index in [1.54, 1.807) is 20.3 Å². The largest absolute Gasteiger partial charge is 0.493 e. The van der Waals surface area contributed by atoms with E-state index in [1.807, 2.05) is 20.2 Å². The Morgan fingerprint density at radius 1 is 1.24 bits per heavy atom. The second-order valence-electron chi connectivity index (χ2n) is 5.22. The van der Waals surface area contributed by atoms with Crippen molar-refractivity contribution >= 4 is 12.0 Å². The predicted octanol–water partition coefficient (Wildman–Crippen LogP) is 2.20. The topological polar surface area (TPSA) is 50.8 Å². The van der Waals surface area contributed by atoms with E-state index in [4.69, 9.17) is 9.47 Å². The van der Waals surface area contributed by atoms with Gasteiger partial charge < -0.3 is 19.7 Å². The van der Waals surface area contributed by atoms with Crippen molar-refractivity contribution < 1.29 is 14.3 Å². The molecule has 0 amide bonds. The van der Waals surface area contributed by atoms with Gasteiger partial charge in [-0.25, -0.2) is 0 Å². The Kier molecular flexibility index (Phi) is 7.02. The highest BCUT2D eigenvalue weighted by molar-refractivity contribution is 5.86. The van der Waals surface area contributed by atoms with Gasteiger partial charge in [0.2, 0.25) is 0 Å². The van der Waals surface area contributed by atoms with E-state index < -0.39 is 0 Å². The lowest BCUT2D eigenvalue weighted by Crippen LogP contribution is -2.20. The van der Waals surface area contributed by atoms with Crippen molar-refractivity contribution in [3.05, 3.63) is 17.7 Å². The van der Waals surface area contributed by atoms with Crippen LogP contribution in [0.2, 0.25) is 0 Å². The highest BCUT2D eigenvalue weighted by atomic mass is 16.5. The Bertz CT molecular complexity index is 463. The maximum absolute atomic E-state index is 11.2. The minimum Gasteiger partial charge on any atom is -0.493 e. The van der Waals surface area contributed by atoms with Crippen LogP contribution in [-0.4, -0.2) is 47.7 Å². The van der Waals surface area contributed by atoms with Crippen molar-refractivity contribution in [2.24, 2.45) is 5.92 Å². The zero-order valence-corrected chi connectivity index (χ0v) is 13.6. The van der Waals surface area contributed by atoms with Crippen LogP contribution < -0.4 is 19.7 Å². The first-order valence-electron chi connectivity index (χ1n) is 7.15. The van der Waals surface area contributed by atoms with Gasteiger partial charge in [0.1, 0.15) is 0 Å². The molecule has 0 bridgehead atoms. The van der Waals surface area contributed by atoms with Crippen molar-refractivity contribution in [2.75, 3.05) is 46.3 Å². The minimum absolute atomic E-state index is 0.593. The normalized spacial score (nSPS) is 17.0. The van der Waals surface area contributed by atoms with E-state index in [-0.39, 0.29) is 0 Å². The number of rotatable bonds is 4. The molecule has 1 aliphatic heterocycles. The maximum atomic E-state index is 11.2. The number of carbonyl (C=O) groups excluding carboxylic acids is 1. The third kappa shape index (κ3) is 4.36. The van der Waals surface area contributed by atoms with Gasteiger partial charge in [-0.1, -0.05) is 6.92 Å². The molecule has 0 spiro atoms. The van der Waals surface area contributed by atoms with Crippen molar-refractivity contribution in [1.82, 2.24) is 5.32 Å². The number of methoxy groups -OCH3 is 2. The molecule has 0 aliphatic carbocycles. The number of carbonyl (C=O) groups is 1. The molecule has 1 heterocycles. The van der Waals surface area contributed by atoms with Gasteiger partial charge in [0.15, 0.2) is 17.8 Å². The van der Waals surface area contributed by atoms with Gasteiger partial charge in [0, 0.05) is 24.7 Å². The van der Waals surface area contributed by atoms with Crippen LogP contribution >= 0.6 is 0 Å². The molecule has 0 radical (unpaired) electrons. The maximum Gasteiger partial charge on any atom is 0.162 e. The molecule has 118 valence electrons. The van der Waals surface area contributed by atoms with Gasteiger partial charge >= 0.3 is 0 Å². The number of hydrogen-bond acceptors (Lipinski definition) is 5. The lowest BCUT2D eigenvalue weighted by molar-refractivity contribution is 0.112. The second-order valence-corrected chi connectivity index (χ2v) is 5.22. The van der Waals surface area contributed by atoms with E-state index in [9.17, 15) is 4.79 Å². The number of nitrogens with zero attached hydrogens (tertiary/aromatic N) is 1. The van der Waals surface area contributed by atoms with Crippen molar-refractivity contribution in [1.29, 1.82) is 0 Å². The molecule has 1 aromatic rings. The van der Waals surface area contributed by atoms with Gasteiger partial charge in [-0.05, 0) is 32.5 Å². The Hall–Kier alpha value is -1.75. The second kappa shape index (κ2) is 8.52. The molecule has 0 aromatic heterocycles. The summed E-state index contributed by atoms with van der Waals surface area (Å²) in [6, 6.07) is 3.63. The zero-order chi connectivity index (χ0) is 15.8. The molecule has 5 nitrogen and oxygen atoms in total. The van der Waals surface area contributed by atoms with Gasteiger partial charge in [-0.3, -0.25) is 4.79 Å². The van der Waals surface area contributed by atoms with E-state index in [2.05, 4.69) is 17.1 Å². The number of anilines is 1. The highest BCUT2D eigenvalue weighted by Gasteiger charge is 2.22. The summed E-state index contributed by atoms with van der Waals surface area (Å²) in [5.41, 5.74) is 1.59. The Morgan fingerprint density at radius 3 is 2.24 bits per heavy atom.